The van der Waals surface area contributed by atoms with Gasteiger partial charge in [0.1, 0.15) is 41.2 Å². The van der Waals surface area contributed by atoms with Crippen molar-refractivity contribution in [2.75, 3.05) is 13.7 Å². The van der Waals surface area contributed by atoms with Gasteiger partial charge in [-0.05, 0) is 24.1 Å². The molecule has 4 rings (SSSR count). The van der Waals surface area contributed by atoms with Crippen LogP contribution in [0.5, 0.6) is 28.7 Å². The van der Waals surface area contributed by atoms with Crippen molar-refractivity contribution in [3.8, 4) is 28.7 Å². The number of hydrogen-bond acceptors (Lipinski definition) is 9. The summed E-state index contributed by atoms with van der Waals surface area (Å²) in [6, 6.07) is 7.69. The van der Waals surface area contributed by atoms with Gasteiger partial charge in [-0.2, -0.15) is 0 Å². The number of phenols is 2. The molecule has 10 nitrogen and oxygen atoms in total. The lowest BCUT2D eigenvalue weighted by Crippen LogP contribution is -2.20. The Hall–Kier alpha value is -3.79. The number of aliphatic hydroxyl groups excluding tert-OH is 1. The van der Waals surface area contributed by atoms with E-state index in [1.54, 1.807) is 29.1 Å². The van der Waals surface area contributed by atoms with Crippen molar-refractivity contribution in [1.82, 2.24) is 15.0 Å². The topological polar surface area (TPSA) is 136 Å². The highest BCUT2D eigenvalue weighted by molar-refractivity contribution is 6.02. The molecule has 1 aromatic heterocycles. The zero-order valence-electron chi connectivity index (χ0n) is 17.4. The molecule has 1 aliphatic rings. The highest BCUT2D eigenvalue weighted by Gasteiger charge is 2.31. The maximum absolute atomic E-state index is 12.7. The molecule has 1 atom stereocenters. The van der Waals surface area contributed by atoms with E-state index in [1.807, 2.05) is 0 Å². The van der Waals surface area contributed by atoms with Crippen LogP contribution in [0.25, 0.3) is 0 Å². The maximum Gasteiger partial charge on any atom is 0.174 e. The van der Waals surface area contributed by atoms with Gasteiger partial charge < -0.3 is 29.5 Å². The van der Waals surface area contributed by atoms with Gasteiger partial charge in [0.2, 0.25) is 0 Å². The highest BCUT2D eigenvalue weighted by Crippen LogP contribution is 2.43. The van der Waals surface area contributed by atoms with E-state index in [4.69, 9.17) is 19.3 Å². The molecule has 1 aliphatic heterocycles. The number of benzene rings is 2. The summed E-state index contributed by atoms with van der Waals surface area (Å²) in [5.41, 5.74) is 1.28. The number of nitrogens with zero attached hydrogens (tertiary/aromatic N) is 3. The largest absolute Gasteiger partial charge is 0.507 e. The quantitative estimate of drug-likeness (QED) is 0.481. The Balaban J connectivity index is 1.51. The Morgan fingerprint density at radius 2 is 2.06 bits per heavy atom. The lowest BCUT2D eigenvalue weighted by atomic mass is 9.95. The van der Waals surface area contributed by atoms with E-state index < -0.39 is 6.10 Å². The number of ketones is 1. The number of aryl methyl sites for hydroxylation is 1. The van der Waals surface area contributed by atoms with Crippen LogP contribution < -0.4 is 14.2 Å². The van der Waals surface area contributed by atoms with Crippen molar-refractivity contribution < 1.29 is 34.3 Å². The number of aromatic nitrogens is 3. The fraction of sp³-hybridized carbons (Fsp3) is 0.318. The first-order valence-corrected chi connectivity index (χ1v) is 10.0. The standard InChI is InChI=1S/C22H23N3O7/c1-30-19-4-3-13(7-16(19)27)20-10-18(29)22-17(28)8-15(9-21(22)32-20)31-12-14-11-25(24-23-14)5-2-6-26/h3-4,7-9,11,20,26-28H,2,5-6,10,12H2,1H3/t20-/m0/s1. The molecule has 0 saturated carbocycles. The van der Waals surface area contributed by atoms with E-state index >= 15 is 0 Å². The highest BCUT2D eigenvalue weighted by atomic mass is 16.5. The van der Waals surface area contributed by atoms with Crippen molar-refractivity contribution in [1.29, 1.82) is 0 Å². The number of Topliss-reactive ketones (excluding diaryl/α,β-unsaturated/α-hetero) is 1. The molecule has 2 aromatic carbocycles. The van der Waals surface area contributed by atoms with Crippen molar-refractivity contribution in [3.63, 3.8) is 0 Å². The van der Waals surface area contributed by atoms with Gasteiger partial charge >= 0.3 is 0 Å². The number of methoxy groups -OCH3 is 1. The molecule has 0 unspecified atom stereocenters. The summed E-state index contributed by atoms with van der Waals surface area (Å²) >= 11 is 0. The number of rotatable bonds is 8. The van der Waals surface area contributed by atoms with Crippen LogP contribution in [0, 0.1) is 0 Å². The zero-order chi connectivity index (χ0) is 22.7. The van der Waals surface area contributed by atoms with Gasteiger partial charge in [-0.15, -0.1) is 5.10 Å². The van der Waals surface area contributed by atoms with Gasteiger partial charge in [0, 0.05) is 25.3 Å². The third-order valence-corrected chi connectivity index (χ3v) is 5.07. The van der Waals surface area contributed by atoms with Crippen molar-refractivity contribution in [2.24, 2.45) is 0 Å². The molecule has 3 aromatic rings. The number of phenolic OH excluding ortho intramolecular Hbond substituents is 2. The Bertz CT molecular complexity index is 1130. The second-order valence-corrected chi connectivity index (χ2v) is 7.32. The fourth-order valence-electron chi connectivity index (χ4n) is 3.50. The molecule has 0 bridgehead atoms. The van der Waals surface area contributed by atoms with Gasteiger partial charge in [-0.1, -0.05) is 11.3 Å². The molecule has 0 radical (unpaired) electrons. The number of hydrogen-bond donors (Lipinski definition) is 3. The van der Waals surface area contributed by atoms with Crippen molar-refractivity contribution >= 4 is 5.78 Å². The van der Waals surface area contributed by atoms with E-state index in [0.29, 0.717) is 35.7 Å². The minimum Gasteiger partial charge on any atom is -0.507 e. The average molecular weight is 441 g/mol. The molecular weight excluding hydrogens is 418 g/mol. The normalized spacial score (nSPS) is 15.2. The molecule has 0 amide bonds. The van der Waals surface area contributed by atoms with E-state index in [9.17, 15) is 15.0 Å². The van der Waals surface area contributed by atoms with Crippen LogP contribution in [0.15, 0.2) is 36.5 Å². The number of carbonyl (C=O) groups excluding carboxylic acids is 1. The van der Waals surface area contributed by atoms with Gasteiger partial charge in [-0.25, -0.2) is 0 Å². The van der Waals surface area contributed by atoms with Gasteiger partial charge in [0.05, 0.1) is 19.7 Å². The second-order valence-electron chi connectivity index (χ2n) is 7.32. The molecule has 2 heterocycles. The molecule has 10 heteroatoms. The predicted octanol–water partition coefficient (Wildman–Crippen LogP) is 2.37. The summed E-state index contributed by atoms with van der Waals surface area (Å²) in [4.78, 5) is 12.7. The van der Waals surface area contributed by atoms with Crippen LogP contribution in [0.4, 0.5) is 0 Å². The predicted molar refractivity (Wildman–Crippen MR) is 111 cm³/mol. The first-order chi connectivity index (χ1) is 15.5. The monoisotopic (exact) mass is 441 g/mol. The van der Waals surface area contributed by atoms with Crippen molar-refractivity contribution in [3.05, 3.63) is 53.3 Å². The lowest BCUT2D eigenvalue weighted by molar-refractivity contribution is 0.0844. The van der Waals surface area contributed by atoms with Gasteiger partial charge in [0.15, 0.2) is 17.3 Å². The van der Waals surface area contributed by atoms with Crippen LogP contribution in [0.1, 0.15) is 40.6 Å². The molecule has 32 heavy (non-hydrogen) atoms. The number of fused-ring (bicyclic) bond motifs is 1. The number of aliphatic hydroxyl groups is 1. The molecule has 0 aliphatic carbocycles. The van der Waals surface area contributed by atoms with Crippen LogP contribution in [0.3, 0.4) is 0 Å². The second kappa shape index (κ2) is 9.15. The summed E-state index contributed by atoms with van der Waals surface area (Å²) in [6.07, 6.45) is 1.66. The zero-order valence-corrected chi connectivity index (χ0v) is 17.4. The van der Waals surface area contributed by atoms with Crippen LogP contribution >= 0.6 is 0 Å². The SMILES string of the molecule is COc1ccc([C@@H]2CC(=O)c3c(O)cc(OCc4cn(CCCO)nn4)cc3O2)cc1O. The maximum atomic E-state index is 12.7. The van der Waals surface area contributed by atoms with E-state index in [-0.39, 0.29) is 48.2 Å². The van der Waals surface area contributed by atoms with Crippen molar-refractivity contribution in [2.45, 2.75) is 32.1 Å². The summed E-state index contributed by atoms with van der Waals surface area (Å²) in [6.45, 7) is 0.707. The average Bonchev–Trinajstić information content (AvgIpc) is 3.23. The Morgan fingerprint density at radius 1 is 1.22 bits per heavy atom. The minimum atomic E-state index is -0.632. The molecule has 3 N–H and O–H groups in total. The molecule has 0 spiro atoms. The minimum absolute atomic E-state index is 0.0173. The third kappa shape index (κ3) is 4.45. The molecule has 168 valence electrons. The first kappa shape index (κ1) is 21.4. The molecule has 0 saturated heterocycles. The Labute approximate surface area is 183 Å². The van der Waals surface area contributed by atoms with E-state index in [2.05, 4.69) is 10.3 Å². The molecular formula is C22H23N3O7. The van der Waals surface area contributed by atoms with Gasteiger partial charge in [-0.3, -0.25) is 9.48 Å². The number of aromatic hydroxyl groups is 2. The Kier molecular flexibility index (Phi) is 6.13. The van der Waals surface area contributed by atoms with Crippen LogP contribution in [-0.4, -0.2) is 49.8 Å². The first-order valence-electron chi connectivity index (χ1n) is 10.0. The van der Waals surface area contributed by atoms with E-state index in [0.717, 1.165) is 0 Å². The lowest BCUT2D eigenvalue weighted by Gasteiger charge is -2.26. The number of carbonyl (C=O) groups is 1. The summed E-state index contributed by atoms with van der Waals surface area (Å²) in [7, 11) is 1.45. The van der Waals surface area contributed by atoms with Crippen LogP contribution in [-0.2, 0) is 13.2 Å². The third-order valence-electron chi connectivity index (χ3n) is 5.07. The summed E-state index contributed by atoms with van der Waals surface area (Å²) in [5, 5.41) is 37.3. The van der Waals surface area contributed by atoms with E-state index in [1.165, 1.54) is 19.2 Å². The summed E-state index contributed by atoms with van der Waals surface area (Å²) < 4.78 is 18.3. The Morgan fingerprint density at radius 3 is 2.81 bits per heavy atom. The fourth-order valence-corrected chi connectivity index (χ4v) is 3.50. The summed E-state index contributed by atoms with van der Waals surface area (Å²) in [5.74, 6) is 0.254. The molecule has 0 fully saturated rings. The smallest absolute Gasteiger partial charge is 0.174 e. The number of ether oxygens (including phenoxy) is 3. The van der Waals surface area contributed by atoms with Gasteiger partial charge in [0.25, 0.3) is 0 Å². The van der Waals surface area contributed by atoms with Crippen LogP contribution in [0.2, 0.25) is 0 Å².